The summed E-state index contributed by atoms with van der Waals surface area (Å²) in [5.74, 6) is 0.701. The fourth-order valence-corrected chi connectivity index (χ4v) is 2.77. The molecule has 108 valence electrons. The summed E-state index contributed by atoms with van der Waals surface area (Å²) in [5, 5.41) is 13.2. The van der Waals surface area contributed by atoms with Crippen molar-refractivity contribution in [1.29, 1.82) is 5.26 Å². The van der Waals surface area contributed by atoms with E-state index in [1.807, 2.05) is 30.3 Å². The van der Waals surface area contributed by atoms with Crippen LogP contribution in [0.25, 0.3) is 0 Å². The molecule has 0 aliphatic carbocycles. The first-order chi connectivity index (χ1) is 10.0. The molecule has 0 saturated heterocycles. The molecule has 1 unspecified atom stereocenters. The zero-order valence-corrected chi connectivity index (χ0v) is 15.0. The monoisotopic (exact) mass is 428 g/mol. The van der Waals surface area contributed by atoms with Crippen LogP contribution in [0.1, 0.15) is 11.6 Å². The number of hydrogen-bond acceptors (Lipinski definition) is 3. The molecule has 0 heterocycles. The van der Waals surface area contributed by atoms with Gasteiger partial charge in [-0.25, -0.2) is 0 Å². The molecule has 0 fully saturated rings. The lowest BCUT2D eigenvalue weighted by molar-refractivity contribution is 0.414. The number of methoxy groups -OCH3 is 1. The van der Waals surface area contributed by atoms with E-state index in [0.717, 1.165) is 20.2 Å². The van der Waals surface area contributed by atoms with Gasteiger partial charge in [0.1, 0.15) is 11.8 Å². The van der Waals surface area contributed by atoms with Gasteiger partial charge in [-0.1, -0.05) is 27.5 Å². The topological polar surface area (TPSA) is 45.0 Å². The Morgan fingerprint density at radius 3 is 2.57 bits per heavy atom. The van der Waals surface area contributed by atoms with Crippen LogP contribution in [0.5, 0.6) is 5.75 Å². The van der Waals surface area contributed by atoms with Gasteiger partial charge in [0.05, 0.1) is 18.2 Å². The summed E-state index contributed by atoms with van der Waals surface area (Å²) in [6.07, 6.45) is 0. The van der Waals surface area contributed by atoms with Crippen LogP contribution in [0, 0.1) is 11.3 Å². The minimum absolute atomic E-state index is 0.512. The van der Waals surface area contributed by atoms with E-state index in [1.54, 1.807) is 13.2 Å². The Balaban J connectivity index is 2.32. The first-order valence-corrected chi connectivity index (χ1v) is 7.96. The molecule has 2 aromatic rings. The standard InChI is InChI=1S/C15H11Br2ClN2O/c1-21-10-3-4-12(16)11(7-10)15(8-19)20-9-2-5-14(18)13(17)6-9/h2-7,15,20H,1H3. The van der Waals surface area contributed by atoms with Gasteiger partial charge in [-0.3, -0.25) is 0 Å². The van der Waals surface area contributed by atoms with Crippen LogP contribution in [0.4, 0.5) is 5.69 Å². The lowest BCUT2D eigenvalue weighted by atomic mass is 10.1. The van der Waals surface area contributed by atoms with Crippen LogP contribution in [0.3, 0.4) is 0 Å². The van der Waals surface area contributed by atoms with Crippen molar-refractivity contribution in [3.63, 3.8) is 0 Å². The molecule has 2 rings (SSSR count). The molecule has 0 radical (unpaired) electrons. The van der Waals surface area contributed by atoms with E-state index in [-0.39, 0.29) is 0 Å². The molecule has 0 spiro atoms. The normalized spacial score (nSPS) is 11.6. The molecule has 1 atom stereocenters. The van der Waals surface area contributed by atoms with Gasteiger partial charge < -0.3 is 10.1 Å². The van der Waals surface area contributed by atoms with E-state index < -0.39 is 6.04 Å². The van der Waals surface area contributed by atoms with Crippen molar-refractivity contribution in [2.45, 2.75) is 6.04 Å². The molecule has 1 N–H and O–H groups in total. The van der Waals surface area contributed by atoms with E-state index >= 15 is 0 Å². The van der Waals surface area contributed by atoms with Crippen molar-refractivity contribution in [3.05, 3.63) is 55.9 Å². The fraction of sp³-hybridized carbons (Fsp3) is 0.133. The third-order valence-corrected chi connectivity index (χ3v) is 4.81. The summed E-state index contributed by atoms with van der Waals surface area (Å²) in [4.78, 5) is 0. The third kappa shape index (κ3) is 3.91. The van der Waals surface area contributed by atoms with Crippen LogP contribution >= 0.6 is 43.5 Å². The molecule has 0 aliphatic heterocycles. The predicted octanol–water partition coefficient (Wildman–Crippen LogP) is 5.55. The van der Waals surface area contributed by atoms with Crippen LogP contribution in [-0.2, 0) is 0 Å². The van der Waals surface area contributed by atoms with Crippen molar-refractivity contribution < 1.29 is 4.74 Å². The molecule has 0 bridgehead atoms. The predicted molar refractivity (Wildman–Crippen MR) is 91.8 cm³/mol. The number of anilines is 1. The smallest absolute Gasteiger partial charge is 0.141 e. The molecule has 0 aromatic heterocycles. The largest absolute Gasteiger partial charge is 0.497 e. The van der Waals surface area contributed by atoms with Crippen molar-refractivity contribution in [2.24, 2.45) is 0 Å². The second-order valence-electron chi connectivity index (χ2n) is 4.22. The van der Waals surface area contributed by atoms with Gasteiger partial charge >= 0.3 is 0 Å². The highest BCUT2D eigenvalue weighted by molar-refractivity contribution is 9.10. The molecule has 0 aliphatic rings. The Kier molecular flexibility index (Phi) is 5.51. The van der Waals surface area contributed by atoms with Gasteiger partial charge in [0.2, 0.25) is 0 Å². The maximum absolute atomic E-state index is 9.44. The van der Waals surface area contributed by atoms with Crippen molar-refractivity contribution in [1.82, 2.24) is 0 Å². The van der Waals surface area contributed by atoms with Gasteiger partial charge in [0.25, 0.3) is 0 Å². The van der Waals surface area contributed by atoms with Crippen molar-refractivity contribution in [3.8, 4) is 11.8 Å². The Bertz CT molecular complexity index is 701. The van der Waals surface area contributed by atoms with Crippen molar-refractivity contribution in [2.75, 3.05) is 12.4 Å². The van der Waals surface area contributed by atoms with Gasteiger partial charge in [0.15, 0.2) is 0 Å². The number of nitrogens with one attached hydrogen (secondary N) is 1. The quantitative estimate of drug-likeness (QED) is 0.692. The average Bonchev–Trinajstić information content (AvgIpc) is 2.49. The first kappa shape index (κ1) is 16.2. The summed E-state index contributed by atoms with van der Waals surface area (Å²) in [6, 6.07) is 12.7. The number of halogens is 3. The van der Waals surface area contributed by atoms with Gasteiger partial charge in [-0.2, -0.15) is 5.26 Å². The fourth-order valence-electron chi connectivity index (χ4n) is 1.80. The van der Waals surface area contributed by atoms with E-state index in [1.165, 1.54) is 0 Å². The average molecular weight is 431 g/mol. The van der Waals surface area contributed by atoms with Gasteiger partial charge in [0, 0.05) is 20.2 Å². The maximum Gasteiger partial charge on any atom is 0.141 e. The molecule has 2 aromatic carbocycles. The molecular weight excluding hydrogens is 419 g/mol. The number of nitrogens with zero attached hydrogens (tertiary/aromatic N) is 1. The second kappa shape index (κ2) is 7.17. The van der Waals surface area contributed by atoms with E-state index in [4.69, 9.17) is 16.3 Å². The minimum Gasteiger partial charge on any atom is -0.497 e. The van der Waals surface area contributed by atoms with E-state index in [9.17, 15) is 5.26 Å². The zero-order valence-electron chi connectivity index (χ0n) is 11.0. The SMILES string of the molecule is COc1ccc(Br)c(C(C#N)Nc2ccc(Cl)c(Br)c2)c1. The van der Waals surface area contributed by atoms with Crippen LogP contribution in [0.2, 0.25) is 5.02 Å². The third-order valence-electron chi connectivity index (χ3n) is 2.87. The highest BCUT2D eigenvalue weighted by atomic mass is 79.9. The number of rotatable bonds is 4. The number of benzene rings is 2. The molecular formula is C15H11Br2ClN2O. The summed E-state index contributed by atoms with van der Waals surface area (Å²) in [6.45, 7) is 0. The lowest BCUT2D eigenvalue weighted by Gasteiger charge is -2.16. The summed E-state index contributed by atoms with van der Waals surface area (Å²) in [7, 11) is 1.60. The highest BCUT2D eigenvalue weighted by Gasteiger charge is 2.15. The molecule has 6 heteroatoms. The van der Waals surface area contributed by atoms with Crippen LogP contribution < -0.4 is 10.1 Å². The first-order valence-electron chi connectivity index (χ1n) is 6.00. The number of ether oxygens (including phenoxy) is 1. The molecule has 0 saturated carbocycles. The second-order valence-corrected chi connectivity index (χ2v) is 6.34. The Morgan fingerprint density at radius 1 is 1.19 bits per heavy atom. The molecule has 21 heavy (non-hydrogen) atoms. The zero-order chi connectivity index (χ0) is 15.4. The Morgan fingerprint density at radius 2 is 1.95 bits per heavy atom. The van der Waals surface area contributed by atoms with E-state index in [2.05, 4.69) is 43.2 Å². The van der Waals surface area contributed by atoms with Crippen LogP contribution in [0.15, 0.2) is 45.3 Å². The van der Waals surface area contributed by atoms with E-state index in [0.29, 0.717) is 10.8 Å². The summed E-state index contributed by atoms with van der Waals surface area (Å²) >= 11 is 12.8. The van der Waals surface area contributed by atoms with Crippen LogP contribution in [-0.4, -0.2) is 7.11 Å². The number of hydrogen-bond donors (Lipinski definition) is 1. The maximum atomic E-state index is 9.44. The van der Waals surface area contributed by atoms with Gasteiger partial charge in [-0.05, 0) is 52.3 Å². The number of nitriles is 1. The highest BCUT2D eigenvalue weighted by Crippen LogP contribution is 2.31. The van der Waals surface area contributed by atoms with Crippen molar-refractivity contribution >= 4 is 49.1 Å². The molecule has 3 nitrogen and oxygen atoms in total. The summed E-state index contributed by atoms with van der Waals surface area (Å²) < 4.78 is 6.82. The summed E-state index contributed by atoms with van der Waals surface area (Å²) in [5.41, 5.74) is 1.61. The molecule has 0 amide bonds. The lowest BCUT2D eigenvalue weighted by Crippen LogP contribution is -2.09. The van der Waals surface area contributed by atoms with Gasteiger partial charge in [-0.15, -0.1) is 0 Å². The minimum atomic E-state index is -0.512. The Hall–Kier alpha value is -1.22. The Labute approximate surface area is 145 Å².